The second kappa shape index (κ2) is 9.52. The zero-order chi connectivity index (χ0) is 17.2. The largest absolute Gasteiger partial charge is 0.490 e. The maximum absolute atomic E-state index is 11.7. The summed E-state index contributed by atoms with van der Waals surface area (Å²) in [6.07, 6.45) is 3.23. The molecule has 1 N–H and O–H groups in total. The summed E-state index contributed by atoms with van der Waals surface area (Å²) in [5.41, 5.74) is 3.26. The molecule has 0 saturated carbocycles. The third-order valence-corrected chi connectivity index (χ3v) is 3.36. The first kappa shape index (κ1) is 17.7. The molecule has 0 aliphatic carbocycles. The molecule has 0 radical (unpaired) electrons. The number of hydrogen-bond acceptors (Lipinski definition) is 4. The van der Waals surface area contributed by atoms with Crippen LogP contribution in [0.3, 0.4) is 0 Å². The Hall–Kier alpha value is -2.60. The molecule has 2 aromatic rings. The normalized spacial score (nSPS) is 10.4. The summed E-state index contributed by atoms with van der Waals surface area (Å²) in [7, 11) is 0. The SMILES string of the molecule is C=CCOc1ccc(/C=N\NC(=O)COc2ccc(Br)cc2)cc1. The third kappa shape index (κ3) is 6.26. The zero-order valence-electron chi connectivity index (χ0n) is 12.9. The molecule has 6 heteroatoms. The number of halogens is 1. The average molecular weight is 389 g/mol. The monoisotopic (exact) mass is 388 g/mol. The van der Waals surface area contributed by atoms with Crippen molar-refractivity contribution in [3.63, 3.8) is 0 Å². The number of carbonyl (C=O) groups is 1. The van der Waals surface area contributed by atoms with Crippen LogP contribution in [0.5, 0.6) is 11.5 Å². The predicted molar refractivity (Wildman–Crippen MR) is 97.5 cm³/mol. The van der Waals surface area contributed by atoms with E-state index in [1.165, 1.54) is 0 Å². The van der Waals surface area contributed by atoms with Crippen LogP contribution in [0, 0.1) is 0 Å². The number of hydrogen-bond donors (Lipinski definition) is 1. The Kier molecular flexibility index (Phi) is 7.04. The van der Waals surface area contributed by atoms with Crippen molar-refractivity contribution in [1.82, 2.24) is 5.43 Å². The summed E-state index contributed by atoms with van der Waals surface area (Å²) in [5, 5.41) is 3.89. The Balaban J connectivity index is 1.75. The molecule has 0 atom stereocenters. The molecule has 0 aliphatic rings. The summed E-state index contributed by atoms with van der Waals surface area (Å²) in [5.74, 6) is 1.03. The number of ether oxygens (including phenoxy) is 2. The second-order valence-electron chi connectivity index (χ2n) is 4.70. The highest BCUT2D eigenvalue weighted by atomic mass is 79.9. The highest BCUT2D eigenvalue weighted by molar-refractivity contribution is 9.10. The number of carbonyl (C=O) groups excluding carboxylic acids is 1. The van der Waals surface area contributed by atoms with Crippen LogP contribution in [0.4, 0.5) is 0 Å². The Bertz CT molecular complexity index is 697. The van der Waals surface area contributed by atoms with Crippen molar-refractivity contribution in [2.45, 2.75) is 0 Å². The Labute approximate surface area is 149 Å². The molecule has 0 fully saturated rings. The minimum Gasteiger partial charge on any atom is -0.490 e. The second-order valence-corrected chi connectivity index (χ2v) is 5.62. The number of nitrogens with one attached hydrogen (secondary N) is 1. The van der Waals surface area contributed by atoms with Gasteiger partial charge in [-0.05, 0) is 54.1 Å². The van der Waals surface area contributed by atoms with Crippen LogP contribution in [0.25, 0.3) is 0 Å². The van der Waals surface area contributed by atoms with Crippen molar-refractivity contribution in [3.05, 3.63) is 71.2 Å². The Morgan fingerprint density at radius 1 is 1.08 bits per heavy atom. The van der Waals surface area contributed by atoms with Gasteiger partial charge in [-0.2, -0.15) is 5.10 Å². The number of amides is 1. The number of nitrogens with zero attached hydrogens (tertiary/aromatic N) is 1. The highest BCUT2D eigenvalue weighted by Crippen LogP contribution is 2.15. The van der Waals surface area contributed by atoms with Gasteiger partial charge in [-0.3, -0.25) is 4.79 Å². The summed E-state index contributed by atoms with van der Waals surface area (Å²) < 4.78 is 11.7. The minimum absolute atomic E-state index is 0.104. The van der Waals surface area contributed by atoms with Crippen molar-refractivity contribution in [1.29, 1.82) is 0 Å². The summed E-state index contributed by atoms with van der Waals surface area (Å²) >= 11 is 3.33. The lowest BCUT2D eigenvalue weighted by molar-refractivity contribution is -0.123. The summed E-state index contributed by atoms with van der Waals surface area (Å²) in [6, 6.07) is 14.6. The van der Waals surface area contributed by atoms with Gasteiger partial charge in [0.1, 0.15) is 18.1 Å². The van der Waals surface area contributed by atoms with Crippen LogP contribution in [-0.2, 0) is 4.79 Å². The van der Waals surface area contributed by atoms with Crippen molar-refractivity contribution < 1.29 is 14.3 Å². The van der Waals surface area contributed by atoms with E-state index in [0.717, 1.165) is 15.8 Å². The molecule has 5 nitrogen and oxygen atoms in total. The molecule has 124 valence electrons. The van der Waals surface area contributed by atoms with Crippen molar-refractivity contribution >= 4 is 28.1 Å². The first-order valence-corrected chi connectivity index (χ1v) is 8.00. The van der Waals surface area contributed by atoms with E-state index in [4.69, 9.17) is 9.47 Å². The molecule has 0 bridgehead atoms. The zero-order valence-corrected chi connectivity index (χ0v) is 14.5. The summed E-state index contributed by atoms with van der Waals surface area (Å²) in [6.45, 7) is 3.95. The molecular weight excluding hydrogens is 372 g/mol. The number of benzene rings is 2. The third-order valence-electron chi connectivity index (χ3n) is 2.83. The summed E-state index contributed by atoms with van der Waals surface area (Å²) in [4.78, 5) is 11.7. The van der Waals surface area contributed by atoms with Crippen LogP contribution in [0.2, 0.25) is 0 Å². The van der Waals surface area contributed by atoms with E-state index in [0.29, 0.717) is 12.4 Å². The smallest absolute Gasteiger partial charge is 0.277 e. The van der Waals surface area contributed by atoms with E-state index in [1.807, 2.05) is 36.4 Å². The standard InChI is InChI=1S/C18H17BrN2O3/c1-2-11-23-16-7-3-14(4-8-16)12-20-21-18(22)13-24-17-9-5-15(19)6-10-17/h2-10,12H,1,11,13H2,(H,21,22)/b20-12-. The van der Waals surface area contributed by atoms with Crippen LogP contribution in [0.15, 0.2) is 70.8 Å². The van der Waals surface area contributed by atoms with E-state index in [2.05, 4.69) is 33.0 Å². The fraction of sp³-hybridized carbons (Fsp3) is 0.111. The number of hydrazone groups is 1. The lowest BCUT2D eigenvalue weighted by atomic mass is 10.2. The molecule has 0 unspecified atom stereocenters. The molecule has 2 rings (SSSR count). The minimum atomic E-state index is -0.333. The van der Waals surface area contributed by atoms with Gasteiger partial charge in [0.2, 0.25) is 0 Å². The molecule has 0 spiro atoms. The highest BCUT2D eigenvalue weighted by Gasteiger charge is 2.01. The first-order chi connectivity index (χ1) is 11.7. The van der Waals surface area contributed by atoms with Gasteiger partial charge in [0, 0.05) is 4.47 Å². The van der Waals surface area contributed by atoms with Gasteiger partial charge in [0.15, 0.2) is 6.61 Å². The molecule has 0 heterocycles. The average Bonchev–Trinajstić information content (AvgIpc) is 2.60. The van der Waals surface area contributed by atoms with Gasteiger partial charge in [-0.1, -0.05) is 28.6 Å². The van der Waals surface area contributed by atoms with Gasteiger partial charge in [-0.15, -0.1) is 0 Å². The van der Waals surface area contributed by atoms with Crippen molar-refractivity contribution in [3.8, 4) is 11.5 Å². The Morgan fingerprint density at radius 2 is 1.71 bits per heavy atom. The molecular formula is C18H17BrN2O3. The van der Waals surface area contributed by atoms with Crippen LogP contribution in [-0.4, -0.2) is 25.3 Å². The molecule has 0 aromatic heterocycles. The quantitative estimate of drug-likeness (QED) is 0.427. The molecule has 1 amide bonds. The maximum atomic E-state index is 11.7. The van der Waals surface area contributed by atoms with E-state index >= 15 is 0 Å². The van der Waals surface area contributed by atoms with E-state index in [1.54, 1.807) is 24.4 Å². The lowest BCUT2D eigenvalue weighted by Crippen LogP contribution is -2.24. The first-order valence-electron chi connectivity index (χ1n) is 7.21. The van der Waals surface area contributed by atoms with Gasteiger partial charge < -0.3 is 9.47 Å². The maximum Gasteiger partial charge on any atom is 0.277 e. The molecule has 0 aliphatic heterocycles. The van der Waals surface area contributed by atoms with Gasteiger partial charge in [-0.25, -0.2) is 5.43 Å². The van der Waals surface area contributed by atoms with Gasteiger partial charge in [0.25, 0.3) is 5.91 Å². The van der Waals surface area contributed by atoms with Crippen LogP contribution < -0.4 is 14.9 Å². The predicted octanol–water partition coefficient (Wildman–Crippen LogP) is 3.54. The van der Waals surface area contributed by atoms with E-state index in [-0.39, 0.29) is 12.5 Å². The molecule has 24 heavy (non-hydrogen) atoms. The number of rotatable bonds is 8. The van der Waals surface area contributed by atoms with E-state index in [9.17, 15) is 4.79 Å². The van der Waals surface area contributed by atoms with Crippen LogP contribution >= 0.6 is 15.9 Å². The lowest BCUT2D eigenvalue weighted by Gasteiger charge is -2.05. The van der Waals surface area contributed by atoms with Crippen molar-refractivity contribution in [2.75, 3.05) is 13.2 Å². The van der Waals surface area contributed by atoms with Crippen molar-refractivity contribution in [2.24, 2.45) is 5.10 Å². The molecule has 2 aromatic carbocycles. The fourth-order valence-electron chi connectivity index (χ4n) is 1.70. The fourth-order valence-corrected chi connectivity index (χ4v) is 1.96. The van der Waals surface area contributed by atoms with Gasteiger partial charge in [0.05, 0.1) is 6.21 Å². The van der Waals surface area contributed by atoms with Crippen LogP contribution in [0.1, 0.15) is 5.56 Å². The Morgan fingerprint density at radius 3 is 2.38 bits per heavy atom. The molecule has 0 saturated heterocycles. The topological polar surface area (TPSA) is 59.9 Å². The van der Waals surface area contributed by atoms with Gasteiger partial charge >= 0.3 is 0 Å². The van der Waals surface area contributed by atoms with E-state index < -0.39 is 0 Å².